The number of nitrogens with zero attached hydrogens (tertiary/aromatic N) is 2. The largest absolute Gasteiger partial charge is 0.292 e. The van der Waals surface area contributed by atoms with Crippen LogP contribution in [0.15, 0.2) is 94.7 Å². The first-order chi connectivity index (χ1) is 16.3. The highest BCUT2D eigenvalue weighted by molar-refractivity contribution is 7.89. The van der Waals surface area contributed by atoms with Gasteiger partial charge in [0.1, 0.15) is 0 Å². The van der Waals surface area contributed by atoms with Gasteiger partial charge in [0.25, 0.3) is 0 Å². The Bertz CT molecular complexity index is 1300. The van der Waals surface area contributed by atoms with E-state index in [-0.39, 0.29) is 22.4 Å². The molecule has 34 heavy (non-hydrogen) atoms. The summed E-state index contributed by atoms with van der Waals surface area (Å²) < 4.78 is 55.8. The summed E-state index contributed by atoms with van der Waals surface area (Å²) in [6, 6.07) is 23.8. The van der Waals surface area contributed by atoms with Gasteiger partial charge in [0.2, 0.25) is 20.0 Å². The zero-order chi connectivity index (χ0) is 24.2. The van der Waals surface area contributed by atoms with Crippen molar-refractivity contribution in [1.82, 2.24) is 13.9 Å². The topological polar surface area (TPSA) is 86.8 Å². The van der Waals surface area contributed by atoms with Crippen molar-refractivity contribution < 1.29 is 16.8 Å². The van der Waals surface area contributed by atoms with Gasteiger partial charge in [-0.15, -0.1) is 0 Å². The molecule has 1 aliphatic rings. The van der Waals surface area contributed by atoms with Crippen molar-refractivity contribution in [3.8, 4) is 0 Å². The van der Waals surface area contributed by atoms with Crippen molar-refractivity contribution in [1.29, 1.82) is 0 Å². The minimum absolute atomic E-state index is 0.172. The molecular weight excluding hydrogens is 494 g/mol. The van der Waals surface area contributed by atoms with Crippen LogP contribution in [-0.4, -0.2) is 58.8 Å². The molecule has 1 atom stereocenters. The number of rotatable bonds is 8. The molecule has 0 unspecified atom stereocenters. The third-order valence-corrected chi connectivity index (χ3v) is 9.47. The normalized spacial score (nSPS) is 16.9. The molecule has 0 aliphatic carbocycles. The van der Waals surface area contributed by atoms with Gasteiger partial charge in [-0.2, -0.15) is 4.31 Å². The van der Waals surface area contributed by atoms with Gasteiger partial charge in [-0.05, 0) is 42.0 Å². The van der Waals surface area contributed by atoms with E-state index >= 15 is 0 Å². The molecule has 0 spiro atoms. The Morgan fingerprint density at radius 2 is 1.29 bits per heavy atom. The van der Waals surface area contributed by atoms with Gasteiger partial charge in [0, 0.05) is 43.8 Å². The van der Waals surface area contributed by atoms with E-state index in [0.717, 1.165) is 5.56 Å². The minimum atomic E-state index is -3.67. The molecule has 0 aromatic heterocycles. The Kier molecular flexibility index (Phi) is 7.71. The first-order valence-electron chi connectivity index (χ1n) is 10.9. The Morgan fingerprint density at radius 3 is 1.88 bits per heavy atom. The Hall–Kier alpha value is -2.27. The number of sulfonamides is 2. The number of hydrogen-bond acceptors (Lipinski definition) is 5. The van der Waals surface area contributed by atoms with E-state index in [0.29, 0.717) is 31.2 Å². The zero-order valence-corrected chi connectivity index (χ0v) is 20.8. The average molecular weight is 520 g/mol. The maximum absolute atomic E-state index is 13.0. The lowest BCUT2D eigenvalue weighted by Crippen LogP contribution is -2.51. The van der Waals surface area contributed by atoms with Crippen LogP contribution in [0.25, 0.3) is 0 Å². The van der Waals surface area contributed by atoms with Gasteiger partial charge < -0.3 is 0 Å². The second kappa shape index (κ2) is 10.6. The van der Waals surface area contributed by atoms with Gasteiger partial charge >= 0.3 is 0 Å². The summed E-state index contributed by atoms with van der Waals surface area (Å²) in [5.41, 5.74) is 0.965. The lowest BCUT2D eigenvalue weighted by Gasteiger charge is -2.39. The second-order valence-corrected chi connectivity index (χ2v) is 12.1. The van der Waals surface area contributed by atoms with Crippen molar-refractivity contribution >= 4 is 31.6 Å². The first-order valence-corrected chi connectivity index (χ1v) is 14.2. The fourth-order valence-electron chi connectivity index (χ4n) is 4.02. The standard InChI is InChI=1S/C24H26ClN3O4S2/c25-21-11-13-23(14-12-21)34(31,32)28-17-15-27(16-18-28)24(20-7-3-1-4-8-20)19-26-33(29,30)22-9-5-2-6-10-22/h1-14,24,26H,15-19H2/t24-/m0/s1. The van der Waals surface area contributed by atoms with E-state index in [2.05, 4.69) is 9.62 Å². The SMILES string of the molecule is O=S(=O)(NC[C@@H](c1ccccc1)N1CCN(S(=O)(=O)c2ccc(Cl)cc2)CC1)c1ccccc1. The molecule has 1 heterocycles. The second-order valence-electron chi connectivity index (χ2n) is 7.99. The van der Waals surface area contributed by atoms with Crippen molar-refractivity contribution in [2.75, 3.05) is 32.7 Å². The molecule has 4 rings (SSSR count). The fourth-order valence-corrected chi connectivity index (χ4v) is 6.62. The number of benzene rings is 3. The quantitative estimate of drug-likeness (QED) is 0.493. The summed E-state index contributed by atoms with van der Waals surface area (Å²) >= 11 is 5.90. The van der Waals surface area contributed by atoms with Crippen LogP contribution in [0.3, 0.4) is 0 Å². The van der Waals surface area contributed by atoms with Crippen molar-refractivity contribution in [3.05, 3.63) is 95.5 Å². The molecule has 0 amide bonds. The molecule has 3 aromatic carbocycles. The molecule has 0 radical (unpaired) electrons. The summed E-state index contributed by atoms with van der Waals surface area (Å²) in [5.74, 6) is 0. The van der Waals surface area contributed by atoms with Crippen LogP contribution < -0.4 is 4.72 Å². The van der Waals surface area contributed by atoms with Crippen molar-refractivity contribution in [2.45, 2.75) is 15.8 Å². The monoisotopic (exact) mass is 519 g/mol. The minimum Gasteiger partial charge on any atom is -0.292 e. The molecule has 0 bridgehead atoms. The maximum Gasteiger partial charge on any atom is 0.243 e. The summed E-state index contributed by atoms with van der Waals surface area (Å²) in [5, 5.41) is 0.479. The van der Waals surface area contributed by atoms with Gasteiger partial charge in [-0.3, -0.25) is 4.90 Å². The van der Waals surface area contributed by atoms with Crippen LogP contribution >= 0.6 is 11.6 Å². The van der Waals surface area contributed by atoms with E-state index in [1.165, 1.54) is 16.4 Å². The Morgan fingerprint density at radius 1 is 0.735 bits per heavy atom. The first kappa shape index (κ1) is 24.8. The third-order valence-electron chi connectivity index (χ3n) is 5.87. The number of hydrogen-bond donors (Lipinski definition) is 1. The predicted octanol–water partition coefficient (Wildman–Crippen LogP) is 3.37. The fraction of sp³-hybridized carbons (Fsp3) is 0.250. The van der Waals surface area contributed by atoms with E-state index in [4.69, 9.17) is 11.6 Å². The highest BCUT2D eigenvalue weighted by Crippen LogP contribution is 2.25. The molecule has 1 fully saturated rings. The molecule has 1 N–H and O–H groups in total. The zero-order valence-electron chi connectivity index (χ0n) is 18.4. The van der Waals surface area contributed by atoms with E-state index < -0.39 is 20.0 Å². The summed E-state index contributed by atoms with van der Waals surface area (Å²) in [6.07, 6.45) is 0. The molecule has 10 heteroatoms. The Labute approximate surface area is 206 Å². The van der Waals surface area contributed by atoms with Gasteiger partial charge in [0.05, 0.1) is 9.79 Å². The van der Waals surface area contributed by atoms with Crippen LogP contribution in [0, 0.1) is 0 Å². The van der Waals surface area contributed by atoms with Crippen molar-refractivity contribution in [2.24, 2.45) is 0 Å². The molecule has 1 saturated heterocycles. The summed E-state index contributed by atoms with van der Waals surface area (Å²) in [4.78, 5) is 2.54. The number of nitrogens with one attached hydrogen (secondary N) is 1. The summed E-state index contributed by atoms with van der Waals surface area (Å²) in [6.45, 7) is 1.73. The average Bonchev–Trinajstić information content (AvgIpc) is 2.86. The predicted molar refractivity (Wildman–Crippen MR) is 133 cm³/mol. The lowest BCUT2D eigenvalue weighted by molar-refractivity contribution is 0.138. The van der Waals surface area contributed by atoms with Gasteiger partial charge in [0.15, 0.2) is 0 Å². The van der Waals surface area contributed by atoms with Crippen LogP contribution in [-0.2, 0) is 20.0 Å². The van der Waals surface area contributed by atoms with Gasteiger partial charge in [-0.1, -0.05) is 60.1 Å². The summed E-state index contributed by atoms with van der Waals surface area (Å²) in [7, 11) is -7.30. The lowest BCUT2D eigenvalue weighted by atomic mass is 10.0. The number of piperazine rings is 1. The maximum atomic E-state index is 13.0. The van der Waals surface area contributed by atoms with Crippen LogP contribution in [0.4, 0.5) is 0 Å². The van der Waals surface area contributed by atoms with Crippen LogP contribution in [0.1, 0.15) is 11.6 Å². The Balaban J connectivity index is 1.48. The van der Waals surface area contributed by atoms with E-state index in [9.17, 15) is 16.8 Å². The number of halogens is 1. The van der Waals surface area contributed by atoms with E-state index in [1.54, 1.807) is 42.5 Å². The van der Waals surface area contributed by atoms with Gasteiger partial charge in [-0.25, -0.2) is 21.6 Å². The smallest absolute Gasteiger partial charge is 0.243 e. The van der Waals surface area contributed by atoms with Crippen molar-refractivity contribution in [3.63, 3.8) is 0 Å². The molecule has 180 valence electrons. The molecule has 1 aliphatic heterocycles. The molecule has 7 nitrogen and oxygen atoms in total. The molecular formula is C24H26ClN3O4S2. The van der Waals surface area contributed by atoms with Crippen LogP contribution in [0.5, 0.6) is 0 Å². The molecule has 0 saturated carbocycles. The third kappa shape index (κ3) is 5.68. The molecule has 3 aromatic rings. The van der Waals surface area contributed by atoms with Crippen LogP contribution in [0.2, 0.25) is 5.02 Å². The van der Waals surface area contributed by atoms with E-state index in [1.807, 2.05) is 30.3 Å². The highest BCUT2D eigenvalue weighted by Gasteiger charge is 2.32. The highest BCUT2D eigenvalue weighted by atomic mass is 35.5.